The molecule has 2 aromatic heterocycles. The number of nitrogens with zero attached hydrogens (tertiary/aromatic N) is 1. The van der Waals surface area contributed by atoms with Gasteiger partial charge in [0.2, 0.25) is 0 Å². The van der Waals surface area contributed by atoms with Crippen molar-refractivity contribution in [2.45, 2.75) is 38.0 Å². The lowest BCUT2D eigenvalue weighted by Crippen LogP contribution is -2.11. The molecule has 1 fully saturated rings. The van der Waals surface area contributed by atoms with Crippen molar-refractivity contribution in [3.63, 3.8) is 0 Å². The predicted molar refractivity (Wildman–Crippen MR) is 230 cm³/mol. The van der Waals surface area contributed by atoms with Crippen molar-refractivity contribution in [1.29, 1.82) is 0 Å². The zero-order valence-electron chi connectivity index (χ0n) is 30.5. The highest BCUT2D eigenvalue weighted by molar-refractivity contribution is 6.08. The second kappa shape index (κ2) is 13.1. The van der Waals surface area contributed by atoms with Gasteiger partial charge in [0.05, 0.1) is 5.69 Å². The van der Waals surface area contributed by atoms with Gasteiger partial charge in [-0.15, -0.1) is 0 Å². The Morgan fingerprint density at radius 2 is 1.04 bits per heavy atom. The summed E-state index contributed by atoms with van der Waals surface area (Å²) in [6, 6.07) is 61.4. The highest BCUT2D eigenvalue weighted by atomic mass is 16.3. The minimum absolute atomic E-state index is 0.588. The Morgan fingerprint density at radius 1 is 0.418 bits per heavy atom. The second-order valence-electron chi connectivity index (χ2n) is 15.1. The molecule has 264 valence electrons. The molecule has 10 aromatic rings. The first kappa shape index (κ1) is 31.9. The fourth-order valence-corrected chi connectivity index (χ4v) is 9.23. The first-order valence-electron chi connectivity index (χ1n) is 19.6. The monoisotopic (exact) mass is 709 g/mol. The molecule has 1 saturated carbocycles. The number of anilines is 3. The molecule has 0 N–H and O–H groups in total. The predicted octanol–water partition coefficient (Wildman–Crippen LogP) is 15.5. The van der Waals surface area contributed by atoms with E-state index in [2.05, 4.69) is 150 Å². The van der Waals surface area contributed by atoms with Crippen LogP contribution in [0.1, 0.15) is 43.6 Å². The maximum atomic E-state index is 6.30. The summed E-state index contributed by atoms with van der Waals surface area (Å²) in [5.41, 5.74) is 13.2. The van der Waals surface area contributed by atoms with Gasteiger partial charge in [0.25, 0.3) is 0 Å². The van der Waals surface area contributed by atoms with E-state index >= 15 is 0 Å². The van der Waals surface area contributed by atoms with Gasteiger partial charge in [-0.2, -0.15) is 0 Å². The van der Waals surface area contributed by atoms with Crippen LogP contribution in [0, 0.1) is 0 Å². The van der Waals surface area contributed by atoms with Crippen molar-refractivity contribution in [3.05, 3.63) is 175 Å². The Bertz CT molecular complexity index is 3030. The van der Waals surface area contributed by atoms with Crippen LogP contribution in [0.2, 0.25) is 0 Å². The molecule has 3 heteroatoms. The topological polar surface area (TPSA) is 29.5 Å². The van der Waals surface area contributed by atoms with Gasteiger partial charge in [0.15, 0.2) is 0 Å². The third-order valence-electron chi connectivity index (χ3n) is 11.9. The van der Waals surface area contributed by atoms with E-state index in [1.54, 1.807) is 0 Å². The van der Waals surface area contributed by atoms with E-state index in [1.165, 1.54) is 59.6 Å². The maximum absolute atomic E-state index is 6.30. The van der Waals surface area contributed by atoms with Gasteiger partial charge < -0.3 is 13.7 Å². The van der Waals surface area contributed by atoms with Crippen molar-refractivity contribution in [1.82, 2.24) is 0 Å². The molecule has 55 heavy (non-hydrogen) atoms. The number of furan rings is 2. The molecule has 0 amide bonds. The third-order valence-corrected chi connectivity index (χ3v) is 11.9. The van der Waals surface area contributed by atoms with E-state index in [4.69, 9.17) is 8.83 Å². The smallest absolute Gasteiger partial charge is 0.136 e. The summed E-state index contributed by atoms with van der Waals surface area (Å²) >= 11 is 0. The summed E-state index contributed by atoms with van der Waals surface area (Å²) in [4.78, 5) is 2.42. The molecule has 1 aliphatic carbocycles. The lowest BCUT2D eigenvalue weighted by Gasteiger charge is -2.29. The van der Waals surface area contributed by atoms with Crippen LogP contribution < -0.4 is 4.90 Å². The fourth-order valence-electron chi connectivity index (χ4n) is 9.23. The number of hydrogen-bond donors (Lipinski definition) is 0. The van der Waals surface area contributed by atoms with E-state index in [0.29, 0.717) is 5.92 Å². The summed E-state index contributed by atoms with van der Waals surface area (Å²) in [7, 11) is 0. The standard InChI is InChI=1S/C52H39NO2/c1-2-12-35(13-3-1)40-19-10-14-36-15-11-20-45(52(36)40)41-16-4-7-21-47(41)53(39-29-31-50-46(33-39)43-18-6-9-23-49(43)54-50)38-27-24-34(25-28-38)37-26-30-44-42-17-5-8-22-48(42)55-51(44)32-37/h4-11,14-33,35H,1-3,12-13H2. The Balaban J connectivity index is 1.09. The van der Waals surface area contributed by atoms with Crippen molar-refractivity contribution in [2.24, 2.45) is 0 Å². The van der Waals surface area contributed by atoms with Gasteiger partial charge in [0.1, 0.15) is 22.3 Å². The van der Waals surface area contributed by atoms with Crippen LogP contribution >= 0.6 is 0 Å². The van der Waals surface area contributed by atoms with E-state index < -0.39 is 0 Å². The highest BCUT2D eigenvalue weighted by Gasteiger charge is 2.23. The zero-order chi connectivity index (χ0) is 36.3. The van der Waals surface area contributed by atoms with Gasteiger partial charge in [-0.25, -0.2) is 0 Å². The molecule has 11 rings (SSSR count). The van der Waals surface area contributed by atoms with Crippen LogP contribution in [-0.2, 0) is 0 Å². The first-order chi connectivity index (χ1) is 27.3. The van der Waals surface area contributed by atoms with Gasteiger partial charge in [-0.3, -0.25) is 0 Å². The van der Waals surface area contributed by atoms with E-state index in [-0.39, 0.29) is 0 Å². The molecule has 0 atom stereocenters. The zero-order valence-corrected chi connectivity index (χ0v) is 30.5. The second-order valence-corrected chi connectivity index (χ2v) is 15.1. The first-order valence-corrected chi connectivity index (χ1v) is 19.6. The molecule has 2 heterocycles. The maximum Gasteiger partial charge on any atom is 0.136 e. The largest absolute Gasteiger partial charge is 0.456 e. The molecule has 0 spiro atoms. The summed E-state index contributed by atoms with van der Waals surface area (Å²) < 4.78 is 12.6. The molecule has 3 nitrogen and oxygen atoms in total. The number of hydrogen-bond acceptors (Lipinski definition) is 3. The Morgan fingerprint density at radius 3 is 1.85 bits per heavy atom. The number of fused-ring (bicyclic) bond motifs is 7. The molecule has 0 aliphatic heterocycles. The Hall–Kier alpha value is -6.58. The quantitative estimate of drug-likeness (QED) is 0.172. The van der Waals surface area contributed by atoms with Crippen molar-refractivity contribution in [3.8, 4) is 22.3 Å². The number of benzene rings is 8. The molecular formula is C52H39NO2. The van der Waals surface area contributed by atoms with Crippen LogP contribution in [0.15, 0.2) is 179 Å². The average molecular weight is 710 g/mol. The van der Waals surface area contributed by atoms with Crippen LogP contribution in [0.4, 0.5) is 17.1 Å². The molecule has 0 unspecified atom stereocenters. The minimum atomic E-state index is 0.588. The number of para-hydroxylation sites is 3. The van der Waals surface area contributed by atoms with Crippen molar-refractivity contribution >= 4 is 71.7 Å². The minimum Gasteiger partial charge on any atom is -0.456 e. The lowest BCUT2D eigenvalue weighted by molar-refractivity contribution is 0.445. The molecule has 1 aliphatic rings. The van der Waals surface area contributed by atoms with Crippen LogP contribution in [0.5, 0.6) is 0 Å². The van der Waals surface area contributed by atoms with E-state index in [9.17, 15) is 0 Å². The fraction of sp³-hybridized carbons (Fsp3) is 0.115. The summed E-state index contributed by atoms with van der Waals surface area (Å²) in [5, 5.41) is 7.20. The van der Waals surface area contributed by atoms with Gasteiger partial charge >= 0.3 is 0 Å². The molecule has 8 aromatic carbocycles. The summed E-state index contributed by atoms with van der Waals surface area (Å²) in [5.74, 6) is 0.588. The number of rotatable bonds is 6. The third kappa shape index (κ3) is 5.41. The van der Waals surface area contributed by atoms with Crippen LogP contribution in [-0.4, -0.2) is 0 Å². The van der Waals surface area contributed by atoms with Gasteiger partial charge in [0, 0.05) is 38.5 Å². The van der Waals surface area contributed by atoms with Gasteiger partial charge in [-0.1, -0.05) is 128 Å². The van der Waals surface area contributed by atoms with Crippen molar-refractivity contribution in [2.75, 3.05) is 4.90 Å². The van der Waals surface area contributed by atoms with E-state index in [0.717, 1.165) is 72.1 Å². The normalized spacial score (nSPS) is 13.7. The molecule has 0 saturated heterocycles. The van der Waals surface area contributed by atoms with Crippen LogP contribution in [0.25, 0.3) is 76.9 Å². The summed E-state index contributed by atoms with van der Waals surface area (Å²) in [6.45, 7) is 0. The molecular weight excluding hydrogens is 671 g/mol. The van der Waals surface area contributed by atoms with Crippen molar-refractivity contribution < 1.29 is 8.83 Å². The average Bonchev–Trinajstić information content (AvgIpc) is 3.82. The lowest BCUT2D eigenvalue weighted by atomic mass is 9.80. The summed E-state index contributed by atoms with van der Waals surface area (Å²) in [6.07, 6.45) is 6.47. The van der Waals surface area contributed by atoms with Crippen LogP contribution in [0.3, 0.4) is 0 Å². The Labute approximate surface area is 320 Å². The molecule has 0 bridgehead atoms. The SMILES string of the molecule is c1ccc(N(c2ccc(-c3ccc4c(c3)oc3ccccc34)cc2)c2ccc3oc4ccccc4c3c2)c(-c2cccc3cccc(C4CCCCC4)c23)c1. The Kier molecular flexibility index (Phi) is 7.58. The van der Waals surface area contributed by atoms with Gasteiger partial charge in [-0.05, 0) is 112 Å². The highest BCUT2D eigenvalue weighted by Crippen LogP contribution is 2.47. The molecule has 0 radical (unpaired) electrons. The van der Waals surface area contributed by atoms with E-state index in [1.807, 2.05) is 24.3 Å².